The number of halogens is 1. The predicted molar refractivity (Wildman–Crippen MR) is 147 cm³/mol. The Hall–Kier alpha value is -4.28. The van der Waals surface area contributed by atoms with Crippen LogP contribution in [0, 0.1) is 0 Å². The second kappa shape index (κ2) is 11.6. The van der Waals surface area contributed by atoms with Gasteiger partial charge in [-0.2, -0.15) is 4.73 Å². The van der Waals surface area contributed by atoms with Gasteiger partial charge >= 0.3 is 0 Å². The van der Waals surface area contributed by atoms with Crippen molar-refractivity contribution in [2.45, 2.75) is 18.1 Å². The molecule has 0 saturated heterocycles. The third-order valence-corrected chi connectivity index (χ3v) is 6.34. The minimum Gasteiger partial charge on any atom is -0.475 e. The van der Waals surface area contributed by atoms with Crippen LogP contribution in [-0.4, -0.2) is 4.73 Å². The molecular weight excluding hydrogens is 482 g/mol. The molecule has 0 aliphatic carbocycles. The molecule has 0 spiro atoms. The number of nitrogens with zero attached hydrogens (tertiary/aromatic N) is 1. The molecule has 1 heterocycles. The second-order valence-corrected chi connectivity index (χ2v) is 8.85. The van der Waals surface area contributed by atoms with Gasteiger partial charge in [0.1, 0.15) is 6.10 Å². The molecule has 0 aliphatic heterocycles. The maximum Gasteiger partial charge on any atom is 0.224 e. The smallest absolute Gasteiger partial charge is 0.224 e. The Balaban J connectivity index is 1.55. The number of ether oxygens (including phenoxy) is 1. The minimum absolute atomic E-state index is 0.104. The van der Waals surface area contributed by atoms with Crippen molar-refractivity contribution >= 4 is 11.6 Å². The molecule has 0 fully saturated rings. The van der Waals surface area contributed by atoms with Gasteiger partial charge in [-0.3, -0.25) is 4.79 Å². The first-order valence-corrected chi connectivity index (χ1v) is 12.6. The van der Waals surface area contributed by atoms with Crippen LogP contribution >= 0.6 is 11.6 Å². The quantitative estimate of drug-likeness (QED) is 0.202. The van der Waals surface area contributed by atoms with Gasteiger partial charge in [0.2, 0.25) is 5.43 Å². The third kappa shape index (κ3) is 5.76. The maximum absolute atomic E-state index is 13.1. The van der Waals surface area contributed by atoms with Crippen molar-refractivity contribution in [1.82, 2.24) is 4.73 Å². The predicted octanol–water partition coefficient (Wildman–Crippen LogP) is 6.97. The lowest BCUT2D eigenvalue weighted by Gasteiger charge is -2.25. The Morgan fingerprint density at radius 1 is 0.622 bits per heavy atom. The van der Waals surface area contributed by atoms with Crippen LogP contribution in [0.25, 0.3) is 0 Å². The lowest BCUT2D eigenvalue weighted by Crippen LogP contribution is -2.25. The summed E-state index contributed by atoms with van der Waals surface area (Å²) in [5, 5.41) is 0. The summed E-state index contributed by atoms with van der Waals surface area (Å²) in [5.74, 6) is 0.276. The Kier molecular flexibility index (Phi) is 7.68. The van der Waals surface area contributed by atoms with Crippen LogP contribution in [0.2, 0.25) is 0 Å². The maximum atomic E-state index is 13.1. The molecule has 37 heavy (non-hydrogen) atoms. The van der Waals surface area contributed by atoms with E-state index in [0.29, 0.717) is 5.69 Å². The van der Waals surface area contributed by atoms with Crippen LogP contribution < -0.4 is 15.0 Å². The van der Waals surface area contributed by atoms with Crippen molar-refractivity contribution in [3.05, 3.63) is 172 Å². The monoisotopic (exact) mass is 507 g/mol. The molecule has 5 heteroatoms. The number of pyridine rings is 1. The van der Waals surface area contributed by atoms with E-state index in [4.69, 9.17) is 21.2 Å². The Bertz CT molecular complexity index is 1390. The SMILES string of the molecule is O=c1cc(CCl)n(OC(c2ccccc2)c2ccccc2)cc1OC(c1ccccc1)c1ccccc1. The largest absolute Gasteiger partial charge is 0.475 e. The normalized spacial score (nSPS) is 11.0. The number of hydrogen-bond acceptors (Lipinski definition) is 3. The summed E-state index contributed by atoms with van der Waals surface area (Å²) in [6.45, 7) is 0. The molecule has 0 aliphatic rings. The first-order valence-electron chi connectivity index (χ1n) is 12.1. The molecule has 0 saturated carbocycles. The van der Waals surface area contributed by atoms with Crippen molar-refractivity contribution in [2.24, 2.45) is 0 Å². The van der Waals surface area contributed by atoms with E-state index in [2.05, 4.69) is 0 Å². The molecule has 0 radical (unpaired) electrons. The highest BCUT2D eigenvalue weighted by molar-refractivity contribution is 6.16. The summed E-state index contributed by atoms with van der Waals surface area (Å²) in [7, 11) is 0. The average molecular weight is 508 g/mol. The van der Waals surface area contributed by atoms with E-state index >= 15 is 0 Å². The van der Waals surface area contributed by atoms with E-state index in [1.165, 1.54) is 6.07 Å². The highest BCUT2D eigenvalue weighted by Gasteiger charge is 2.21. The van der Waals surface area contributed by atoms with E-state index in [1.54, 1.807) is 10.9 Å². The first-order chi connectivity index (χ1) is 18.2. The van der Waals surface area contributed by atoms with Crippen LogP contribution in [0.1, 0.15) is 40.2 Å². The zero-order valence-corrected chi connectivity index (χ0v) is 20.9. The summed E-state index contributed by atoms with van der Waals surface area (Å²) < 4.78 is 7.95. The van der Waals surface area contributed by atoms with Crippen molar-refractivity contribution in [3.8, 4) is 5.75 Å². The number of rotatable bonds is 9. The van der Waals surface area contributed by atoms with Gasteiger partial charge in [-0.15, -0.1) is 11.6 Å². The lowest BCUT2D eigenvalue weighted by atomic mass is 10.0. The van der Waals surface area contributed by atoms with Gasteiger partial charge in [0, 0.05) is 6.07 Å². The zero-order chi connectivity index (χ0) is 25.5. The fourth-order valence-electron chi connectivity index (χ4n) is 4.22. The standard InChI is InChI=1S/C32H26ClNO3/c33-22-28-21-29(35)30(36-31(24-13-5-1-6-14-24)25-15-7-2-8-16-25)23-34(28)37-32(26-17-9-3-10-18-26)27-19-11-4-12-20-27/h1-21,23,31-32H,22H2. The van der Waals surface area contributed by atoms with E-state index in [1.807, 2.05) is 121 Å². The first kappa shape index (κ1) is 24.4. The number of alkyl halides is 1. The van der Waals surface area contributed by atoms with E-state index in [-0.39, 0.29) is 17.1 Å². The Labute approximate surface area is 221 Å². The second-order valence-electron chi connectivity index (χ2n) is 8.58. The Morgan fingerprint density at radius 2 is 1.03 bits per heavy atom. The van der Waals surface area contributed by atoms with Gasteiger partial charge in [-0.25, -0.2) is 0 Å². The number of aromatic nitrogens is 1. The van der Waals surface area contributed by atoms with Gasteiger partial charge in [0.15, 0.2) is 11.9 Å². The molecule has 0 bridgehead atoms. The molecule has 184 valence electrons. The van der Waals surface area contributed by atoms with E-state index in [0.717, 1.165) is 22.3 Å². The van der Waals surface area contributed by atoms with Crippen molar-refractivity contribution in [1.29, 1.82) is 0 Å². The van der Waals surface area contributed by atoms with Gasteiger partial charge in [0.25, 0.3) is 0 Å². The molecule has 4 aromatic carbocycles. The molecule has 1 aromatic heterocycles. The van der Waals surface area contributed by atoms with Gasteiger partial charge in [-0.1, -0.05) is 121 Å². The van der Waals surface area contributed by atoms with E-state index in [9.17, 15) is 4.79 Å². The van der Waals surface area contributed by atoms with Crippen LogP contribution in [0.3, 0.4) is 0 Å². The van der Waals surface area contributed by atoms with Crippen LogP contribution in [0.5, 0.6) is 5.75 Å². The van der Waals surface area contributed by atoms with Gasteiger partial charge in [-0.05, 0) is 22.3 Å². The molecule has 0 unspecified atom stereocenters. The Morgan fingerprint density at radius 3 is 1.43 bits per heavy atom. The summed E-state index contributed by atoms with van der Waals surface area (Å²) >= 11 is 6.25. The lowest BCUT2D eigenvalue weighted by molar-refractivity contribution is 0.0527. The molecule has 5 aromatic rings. The third-order valence-electron chi connectivity index (χ3n) is 6.07. The molecule has 0 atom stereocenters. The van der Waals surface area contributed by atoms with Gasteiger partial charge in [0.05, 0.1) is 17.8 Å². The van der Waals surface area contributed by atoms with E-state index < -0.39 is 12.2 Å². The summed E-state index contributed by atoms with van der Waals surface area (Å²) in [6.07, 6.45) is 0.709. The fraction of sp³-hybridized carbons (Fsp3) is 0.0938. The summed E-state index contributed by atoms with van der Waals surface area (Å²) in [4.78, 5) is 19.6. The highest BCUT2D eigenvalue weighted by Crippen LogP contribution is 2.28. The van der Waals surface area contributed by atoms with Crippen molar-refractivity contribution < 1.29 is 9.57 Å². The van der Waals surface area contributed by atoms with Crippen LogP contribution in [0.4, 0.5) is 0 Å². The minimum atomic E-state index is -0.468. The molecule has 4 nitrogen and oxygen atoms in total. The number of benzene rings is 4. The fourth-order valence-corrected chi connectivity index (χ4v) is 4.41. The van der Waals surface area contributed by atoms with Gasteiger partial charge < -0.3 is 9.57 Å². The van der Waals surface area contributed by atoms with Crippen molar-refractivity contribution in [3.63, 3.8) is 0 Å². The summed E-state index contributed by atoms with van der Waals surface area (Å²) in [5.41, 5.74) is 4.10. The number of hydrogen-bond donors (Lipinski definition) is 0. The molecule has 0 amide bonds. The molecular formula is C32H26ClNO3. The average Bonchev–Trinajstić information content (AvgIpc) is 2.97. The molecule has 0 N–H and O–H groups in total. The molecule has 5 rings (SSSR count). The highest BCUT2D eigenvalue weighted by atomic mass is 35.5. The zero-order valence-electron chi connectivity index (χ0n) is 20.1. The topological polar surface area (TPSA) is 40.5 Å². The van der Waals surface area contributed by atoms with Crippen LogP contribution in [-0.2, 0) is 5.88 Å². The summed E-state index contributed by atoms with van der Waals surface area (Å²) in [6, 6.07) is 41.0. The van der Waals surface area contributed by atoms with Crippen LogP contribution in [0.15, 0.2) is 138 Å². The van der Waals surface area contributed by atoms with Crippen molar-refractivity contribution in [2.75, 3.05) is 0 Å².